The Balaban J connectivity index is 1.91. The summed E-state index contributed by atoms with van der Waals surface area (Å²) in [7, 11) is -3.65. The second-order valence-corrected chi connectivity index (χ2v) is 8.30. The van der Waals surface area contributed by atoms with Crippen LogP contribution >= 0.6 is 11.3 Å². The van der Waals surface area contributed by atoms with Crippen molar-refractivity contribution in [2.24, 2.45) is 0 Å². The van der Waals surface area contributed by atoms with Crippen molar-refractivity contribution in [2.75, 3.05) is 13.1 Å². The minimum atomic E-state index is -3.65. The van der Waals surface area contributed by atoms with Crippen molar-refractivity contribution in [3.05, 3.63) is 52.0 Å². The van der Waals surface area contributed by atoms with Gasteiger partial charge in [-0.25, -0.2) is 8.42 Å². The molecule has 0 spiro atoms. The SMILES string of the molecule is CCN(CC)S(=O)(=O)c1ccc(=O)n(Cc2noc(-c3cccs3)n2)c1. The number of thiophene rings is 1. The molecule has 0 atom stereocenters. The molecule has 3 aromatic rings. The molecule has 10 heteroatoms. The maximum atomic E-state index is 12.6. The topological polar surface area (TPSA) is 98.3 Å². The van der Waals surface area contributed by atoms with Crippen LogP contribution in [-0.4, -0.2) is 40.5 Å². The van der Waals surface area contributed by atoms with Gasteiger partial charge in [0.1, 0.15) is 0 Å². The van der Waals surface area contributed by atoms with E-state index in [0.717, 1.165) is 4.88 Å². The summed E-state index contributed by atoms with van der Waals surface area (Å²) in [5.41, 5.74) is -0.342. The molecule has 0 saturated heterocycles. The first-order chi connectivity index (χ1) is 12.5. The van der Waals surface area contributed by atoms with Crippen LogP contribution in [0.15, 0.2) is 50.1 Å². The molecule has 0 amide bonds. The van der Waals surface area contributed by atoms with Gasteiger partial charge in [0.15, 0.2) is 5.82 Å². The summed E-state index contributed by atoms with van der Waals surface area (Å²) >= 11 is 1.46. The fraction of sp³-hybridized carbons (Fsp3) is 0.312. The number of pyridine rings is 1. The van der Waals surface area contributed by atoms with E-state index in [1.54, 1.807) is 13.8 Å². The Labute approximate surface area is 154 Å². The molecule has 3 heterocycles. The average Bonchev–Trinajstić information content (AvgIpc) is 3.29. The summed E-state index contributed by atoms with van der Waals surface area (Å²) < 4.78 is 33.1. The highest BCUT2D eigenvalue weighted by molar-refractivity contribution is 7.89. The molecule has 0 aliphatic heterocycles. The molecule has 0 saturated carbocycles. The number of rotatable bonds is 7. The molecule has 0 aliphatic carbocycles. The number of sulfonamides is 1. The van der Waals surface area contributed by atoms with Gasteiger partial charge in [-0.3, -0.25) is 4.79 Å². The molecule has 0 aliphatic rings. The molecule has 0 bridgehead atoms. The van der Waals surface area contributed by atoms with Crippen LogP contribution in [0.25, 0.3) is 10.8 Å². The van der Waals surface area contributed by atoms with Crippen LogP contribution in [0.2, 0.25) is 0 Å². The normalized spacial score (nSPS) is 12.0. The summed E-state index contributed by atoms with van der Waals surface area (Å²) in [4.78, 5) is 17.3. The highest BCUT2D eigenvalue weighted by Crippen LogP contribution is 2.22. The maximum absolute atomic E-state index is 12.6. The molecule has 0 aromatic carbocycles. The van der Waals surface area contributed by atoms with Gasteiger partial charge >= 0.3 is 0 Å². The molecule has 138 valence electrons. The van der Waals surface area contributed by atoms with Gasteiger partial charge in [0.05, 0.1) is 16.3 Å². The molecular weight excluding hydrogens is 376 g/mol. The minimum absolute atomic E-state index is 0.0231. The van der Waals surface area contributed by atoms with Crippen molar-refractivity contribution in [3.63, 3.8) is 0 Å². The van der Waals surface area contributed by atoms with Crippen molar-refractivity contribution in [3.8, 4) is 10.8 Å². The van der Waals surface area contributed by atoms with Crippen molar-refractivity contribution in [1.29, 1.82) is 0 Å². The summed E-state index contributed by atoms with van der Waals surface area (Å²) in [6.07, 6.45) is 1.32. The predicted octanol–water partition coefficient (Wildman–Crippen LogP) is 2.04. The number of nitrogens with zero attached hydrogens (tertiary/aromatic N) is 4. The summed E-state index contributed by atoms with van der Waals surface area (Å²) in [6.45, 7) is 4.26. The molecule has 3 rings (SSSR count). The predicted molar refractivity (Wildman–Crippen MR) is 97.5 cm³/mol. The van der Waals surface area contributed by atoms with Gasteiger partial charge in [-0.2, -0.15) is 9.29 Å². The van der Waals surface area contributed by atoms with Gasteiger partial charge in [0.2, 0.25) is 10.0 Å². The van der Waals surface area contributed by atoms with Gasteiger partial charge in [0.25, 0.3) is 11.4 Å². The zero-order valence-electron chi connectivity index (χ0n) is 14.3. The zero-order valence-corrected chi connectivity index (χ0v) is 16.0. The van der Waals surface area contributed by atoms with Crippen LogP contribution in [-0.2, 0) is 16.6 Å². The molecule has 0 radical (unpaired) electrons. The van der Waals surface area contributed by atoms with Crippen molar-refractivity contribution < 1.29 is 12.9 Å². The summed E-state index contributed by atoms with van der Waals surface area (Å²) in [6, 6.07) is 6.28. The number of hydrogen-bond donors (Lipinski definition) is 0. The monoisotopic (exact) mass is 394 g/mol. The Bertz CT molecular complexity index is 1030. The Kier molecular flexibility index (Phi) is 5.35. The van der Waals surface area contributed by atoms with Crippen molar-refractivity contribution in [1.82, 2.24) is 19.0 Å². The van der Waals surface area contributed by atoms with E-state index >= 15 is 0 Å². The van der Waals surface area contributed by atoms with Crippen LogP contribution in [0, 0.1) is 0 Å². The number of hydrogen-bond acceptors (Lipinski definition) is 7. The molecule has 0 unspecified atom stereocenters. The van der Waals surface area contributed by atoms with E-state index in [-0.39, 0.29) is 17.0 Å². The van der Waals surface area contributed by atoms with E-state index < -0.39 is 10.0 Å². The lowest BCUT2D eigenvalue weighted by Crippen LogP contribution is -2.32. The summed E-state index contributed by atoms with van der Waals surface area (Å²) in [5, 5.41) is 5.76. The highest BCUT2D eigenvalue weighted by Gasteiger charge is 2.22. The van der Waals surface area contributed by atoms with E-state index in [1.807, 2.05) is 17.5 Å². The molecular formula is C16H18N4O4S2. The van der Waals surface area contributed by atoms with Crippen molar-refractivity contribution >= 4 is 21.4 Å². The van der Waals surface area contributed by atoms with Gasteiger partial charge < -0.3 is 9.09 Å². The average molecular weight is 394 g/mol. The second kappa shape index (κ2) is 7.52. The van der Waals surface area contributed by atoms with E-state index in [2.05, 4.69) is 10.1 Å². The first-order valence-corrected chi connectivity index (χ1v) is 10.3. The molecule has 8 nitrogen and oxygen atoms in total. The molecule has 0 N–H and O–H groups in total. The van der Waals surface area contributed by atoms with Crippen molar-refractivity contribution in [2.45, 2.75) is 25.3 Å². The maximum Gasteiger partial charge on any atom is 0.268 e. The third-order valence-electron chi connectivity index (χ3n) is 3.81. The van der Waals surface area contributed by atoms with Gasteiger partial charge in [0, 0.05) is 25.4 Å². The fourth-order valence-electron chi connectivity index (χ4n) is 2.47. The van der Waals surface area contributed by atoms with E-state index in [0.29, 0.717) is 24.8 Å². The summed E-state index contributed by atoms with van der Waals surface area (Å²) in [5.74, 6) is 0.669. The van der Waals surface area contributed by atoms with Crippen LogP contribution in [0.3, 0.4) is 0 Å². The number of aromatic nitrogens is 3. The van der Waals surface area contributed by atoms with Gasteiger partial charge in [-0.1, -0.05) is 25.1 Å². The van der Waals surface area contributed by atoms with Crippen LogP contribution in [0.5, 0.6) is 0 Å². The first-order valence-electron chi connectivity index (χ1n) is 8.02. The largest absolute Gasteiger partial charge is 0.333 e. The van der Waals surface area contributed by atoms with E-state index in [1.165, 1.54) is 38.5 Å². The Morgan fingerprint density at radius 2 is 2.00 bits per heavy atom. The van der Waals surface area contributed by atoms with Gasteiger partial charge in [-0.05, 0) is 17.5 Å². The first kappa shape index (κ1) is 18.5. The smallest absolute Gasteiger partial charge is 0.268 e. The lowest BCUT2D eigenvalue weighted by atomic mass is 10.4. The Morgan fingerprint density at radius 1 is 1.23 bits per heavy atom. The Morgan fingerprint density at radius 3 is 2.65 bits per heavy atom. The van der Waals surface area contributed by atoms with Crippen LogP contribution in [0.1, 0.15) is 19.7 Å². The van der Waals surface area contributed by atoms with E-state index in [4.69, 9.17) is 4.52 Å². The third-order valence-corrected chi connectivity index (χ3v) is 6.70. The van der Waals surface area contributed by atoms with Crippen LogP contribution < -0.4 is 5.56 Å². The molecule has 26 heavy (non-hydrogen) atoms. The lowest BCUT2D eigenvalue weighted by molar-refractivity contribution is 0.420. The molecule has 0 fully saturated rings. The highest BCUT2D eigenvalue weighted by atomic mass is 32.2. The minimum Gasteiger partial charge on any atom is -0.333 e. The van der Waals surface area contributed by atoms with Crippen LogP contribution in [0.4, 0.5) is 0 Å². The standard InChI is InChI=1S/C16H18N4O4S2/c1-3-20(4-2)26(22,23)12-7-8-15(21)19(10-12)11-14-17-16(24-18-14)13-6-5-9-25-13/h5-10H,3-4,11H2,1-2H3. The molecule has 3 aromatic heterocycles. The van der Waals surface area contributed by atoms with Gasteiger partial charge in [-0.15, -0.1) is 11.3 Å². The Hall–Kier alpha value is -2.30. The lowest BCUT2D eigenvalue weighted by Gasteiger charge is -2.18. The van der Waals surface area contributed by atoms with E-state index in [9.17, 15) is 13.2 Å². The second-order valence-electron chi connectivity index (χ2n) is 5.41. The fourth-order valence-corrected chi connectivity index (χ4v) is 4.59. The quantitative estimate of drug-likeness (QED) is 0.608. The zero-order chi connectivity index (χ0) is 18.7. The third kappa shape index (κ3) is 3.62.